The van der Waals surface area contributed by atoms with Crippen molar-refractivity contribution in [3.8, 4) is 5.88 Å². The van der Waals surface area contributed by atoms with Gasteiger partial charge in [0.25, 0.3) is 0 Å². The Hall–Kier alpha value is -3.76. The molecule has 0 radical (unpaired) electrons. The van der Waals surface area contributed by atoms with Gasteiger partial charge >= 0.3 is 18.6 Å². The maximum Gasteiger partial charge on any atom is 0.388 e. The number of benzene rings is 1. The summed E-state index contributed by atoms with van der Waals surface area (Å²) in [6, 6.07) is 9.01. The number of rotatable bonds is 8. The Morgan fingerprint density at radius 3 is 2.36 bits per heavy atom. The smallest absolute Gasteiger partial charge is 0.388 e. The van der Waals surface area contributed by atoms with Gasteiger partial charge < -0.3 is 25.0 Å². The second kappa shape index (κ2) is 10.9. The van der Waals surface area contributed by atoms with Crippen LogP contribution in [-0.2, 0) is 19.7 Å². The number of ether oxygens (including phenoxy) is 2. The number of esters is 1. The fourth-order valence-corrected chi connectivity index (χ4v) is 4.18. The molecule has 1 aromatic heterocycles. The molecule has 0 saturated carbocycles. The van der Waals surface area contributed by atoms with Gasteiger partial charge in [-0.2, -0.15) is 8.78 Å². The number of halogens is 2. The molecule has 0 aliphatic carbocycles. The Morgan fingerprint density at radius 1 is 1.08 bits per heavy atom. The number of aromatic nitrogens is 1. The van der Waals surface area contributed by atoms with E-state index in [-0.39, 0.29) is 24.7 Å². The van der Waals surface area contributed by atoms with Crippen molar-refractivity contribution >= 4 is 23.6 Å². The highest BCUT2D eigenvalue weighted by Crippen LogP contribution is 2.40. The molecule has 0 bridgehead atoms. The van der Waals surface area contributed by atoms with Crippen molar-refractivity contribution < 1.29 is 32.6 Å². The number of methoxy groups -OCH3 is 1. The maximum absolute atomic E-state index is 13.7. The zero-order valence-electron chi connectivity index (χ0n) is 20.8. The topological polar surface area (TPSA) is 110 Å². The summed E-state index contributed by atoms with van der Waals surface area (Å²) in [5.74, 6) is -1.42. The zero-order valence-corrected chi connectivity index (χ0v) is 20.8. The summed E-state index contributed by atoms with van der Waals surface area (Å²) in [6.07, 6.45) is 0. The van der Waals surface area contributed by atoms with E-state index in [1.807, 2.05) is 32.0 Å². The van der Waals surface area contributed by atoms with E-state index < -0.39 is 41.9 Å². The van der Waals surface area contributed by atoms with Crippen LogP contribution < -0.4 is 15.4 Å². The molecule has 2 aromatic rings. The molecule has 2 N–H and O–H groups in total. The first-order chi connectivity index (χ1) is 17.0. The third kappa shape index (κ3) is 5.55. The number of urea groups is 1. The molecule has 1 fully saturated rings. The second-order valence-electron chi connectivity index (χ2n) is 9.01. The zero-order chi connectivity index (χ0) is 26.6. The van der Waals surface area contributed by atoms with Crippen LogP contribution >= 0.6 is 0 Å². The molecule has 11 heteroatoms. The fourth-order valence-electron chi connectivity index (χ4n) is 4.18. The lowest BCUT2D eigenvalue weighted by atomic mass is 9.69. The number of nitrogens with one attached hydrogen (secondary N) is 2. The first-order valence-electron chi connectivity index (χ1n) is 11.4. The van der Waals surface area contributed by atoms with E-state index in [9.17, 15) is 23.2 Å². The normalized spacial score (nSPS) is 15.2. The highest BCUT2D eigenvalue weighted by molar-refractivity contribution is 6.02. The minimum absolute atomic E-state index is 0.00508. The molecule has 3 rings (SSSR count). The minimum Gasteiger partial charge on any atom is -0.467 e. The minimum atomic E-state index is -3.12. The van der Waals surface area contributed by atoms with Crippen molar-refractivity contribution in [3.63, 3.8) is 0 Å². The van der Waals surface area contributed by atoms with Crippen molar-refractivity contribution in [2.75, 3.05) is 25.5 Å². The van der Waals surface area contributed by atoms with Crippen molar-refractivity contribution in [2.45, 2.75) is 51.7 Å². The van der Waals surface area contributed by atoms with E-state index in [1.165, 1.54) is 25.0 Å². The highest BCUT2D eigenvalue weighted by atomic mass is 19.3. The average molecular weight is 505 g/mol. The molecule has 0 unspecified atom stereocenters. The lowest BCUT2D eigenvalue weighted by molar-refractivity contribution is -0.142. The van der Waals surface area contributed by atoms with E-state index in [0.717, 1.165) is 11.1 Å². The molecule has 1 atom stereocenters. The van der Waals surface area contributed by atoms with E-state index in [1.54, 1.807) is 19.1 Å². The fraction of sp³-hybridized carbons (Fsp3) is 0.440. The van der Waals surface area contributed by atoms with Gasteiger partial charge in [0.15, 0.2) is 0 Å². The molecule has 9 nitrogen and oxygen atoms in total. The molecule has 1 saturated heterocycles. The van der Waals surface area contributed by atoms with Crippen LogP contribution in [0.5, 0.6) is 5.88 Å². The first-order valence-corrected chi connectivity index (χ1v) is 11.4. The summed E-state index contributed by atoms with van der Waals surface area (Å²) in [5.41, 5.74) is 0.907. The van der Waals surface area contributed by atoms with Crippen LogP contribution in [0.4, 0.5) is 19.3 Å². The molecule has 36 heavy (non-hydrogen) atoms. The maximum atomic E-state index is 13.7. The van der Waals surface area contributed by atoms with Crippen molar-refractivity contribution in [2.24, 2.45) is 0 Å². The number of pyridine rings is 1. The van der Waals surface area contributed by atoms with Crippen LogP contribution in [-0.4, -0.2) is 60.6 Å². The summed E-state index contributed by atoms with van der Waals surface area (Å²) >= 11 is 0. The van der Waals surface area contributed by atoms with E-state index in [0.29, 0.717) is 5.69 Å². The summed E-state index contributed by atoms with van der Waals surface area (Å²) in [6.45, 7) is 3.98. The molecule has 0 spiro atoms. The largest absolute Gasteiger partial charge is 0.467 e. The Bertz CT molecular complexity index is 1140. The van der Waals surface area contributed by atoms with Crippen molar-refractivity contribution in [1.82, 2.24) is 15.2 Å². The van der Waals surface area contributed by atoms with Crippen LogP contribution in [0, 0.1) is 6.92 Å². The van der Waals surface area contributed by atoms with Gasteiger partial charge in [-0.3, -0.25) is 4.79 Å². The van der Waals surface area contributed by atoms with Gasteiger partial charge in [-0.1, -0.05) is 38.1 Å². The molecule has 1 aliphatic rings. The molecular weight excluding hydrogens is 474 g/mol. The lowest BCUT2D eigenvalue weighted by Gasteiger charge is -2.49. The molecule has 194 valence electrons. The number of hydrogen-bond acceptors (Lipinski definition) is 6. The highest BCUT2D eigenvalue weighted by Gasteiger charge is 2.53. The van der Waals surface area contributed by atoms with Crippen molar-refractivity contribution in [1.29, 1.82) is 0 Å². The molecule has 3 amide bonds. The van der Waals surface area contributed by atoms with Gasteiger partial charge in [0, 0.05) is 18.8 Å². The number of amides is 3. The predicted molar refractivity (Wildman–Crippen MR) is 128 cm³/mol. The van der Waals surface area contributed by atoms with Crippen LogP contribution in [0.3, 0.4) is 0 Å². The number of likely N-dealkylation sites (tertiary alicyclic amines) is 1. The van der Waals surface area contributed by atoms with Crippen molar-refractivity contribution in [3.05, 3.63) is 53.2 Å². The molecular formula is C25H30F2N4O5. The van der Waals surface area contributed by atoms with Gasteiger partial charge in [-0.25, -0.2) is 14.6 Å². The number of hydrogen-bond donors (Lipinski definition) is 2. The van der Waals surface area contributed by atoms with Gasteiger partial charge in [0.2, 0.25) is 11.8 Å². The summed E-state index contributed by atoms with van der Waals surface area (Å²) in [7, 11) is 1.22. The Balaban J connectivity index is 1.93. The lowest BCUT2D eigenvalue weighted by Crippen LogP contribution is -2.68. The van der Waals surface area contributed by atoms with Gasteiger partial charge in [-0.05, 0) is 43.0 Å². The van der Waals surface area contributed by atoms with Gasteiger partial charge in [0.05, 0.1) is 7.11 Å². The summed E-state index contributed by atoms with van der Waals surface area (Å²) in [4.78, 5) is 43.6. The summed E-state index contributed by atoms with van der Waals surface area (Å²) < 4.78 is 35.1. The molecule has 1 aromatic carbocycles. The molecule has 2 heterocycles. The third-order valence-electron chi connectivity index (χ3n) is 6.08. The van der Waals surface area contributed by atoms with Gasteiger partial charge in [0.1, 0.15) is 17.1 Å². The quantitative estimate of drug-likeness (QED) is 0.532. The SMILES string of the molecule is COC(=O)[C@@H](C)NC(=O)N1CC(C(=O)Nc2ccc(C)nc2OC(F)F)(c2ccccc2C(C)C)C1. The predicted octanol–water partition coefficient (Wildman–Crippen LogP) is 3.58. The van der Waals surface area contributed by atoms with Crippen LogP contribution in [0.15, 0.2) is 36.4 Å². The number of carbonyl (C=O) groups is 3. The second-order valence-corrected chi connectivity index (χ2v) is 9.01. The Labute approximate surface area is 208 Å². The number of nitrogens with zero attached hydrogens (tertiary/aromatic N) is 2. The van der Waals surface area contributed by atoms with Crippen LogP contribution in [0.2, 0.25) is 0 Å². The van der Waals surface area contributed by atoms with E-state index in [2.05, 4.69) is 25.1 Å². The molecule has 1 aliphatic heterocycles. The van der Waals surface area contributed by atoms with E-state index in [4.69, 9.17) is 0 Å². The van der Waals surface area contributed by atoms with Gasteiger partial charge in [-0.15, -0.1) is 0 Å². The third-order valence-corrected chi connectivity index (χ3v) is 6.08. The first kappa shape index (κ1) is 26.8. The van der Waals surface area contributed by atoms with Crippen LogP contribution in [0.25, 0.3) is 0 Å². The number of carbonyl (C=O) groups excluding carboxylic acids is 3. The average Bonchev–Trinajstić information content (AvgIpc) is 2.79. The monoisotopic (exact) mass is 504 g/mol. The van der Waals surface area contributed by atoms with Crippen LogP contribution in [0.1, 0.15) is 43.5 Å². The number of alkyl halides is 2. The standard InChI is InChI=1S/C25H30F2N4O5/c1-14(2)17-8-6-7-9-18(17)25(12-31(13-25)24(34)29-16(4)21(32)35-5)22(33)30-19-11-10-15(3)28-20(19)36-23(26)27/h6-11,14,16,23H,12-13H2,1-5H3,(H,29,34)(H,30,33)/t16-/m1/s1. The Morgan fingerprint density at radius 2 is 1.75 bits per heavy atom. The summed E-state index contributed by atoms with van der Waals surface area (Å²) in [5, 5.41) is 5.24. The Kier molecular flexibility index (Phi) is 8.11. The number of aryl methyl sites for hydroxylation is 1. The number of anilines is 1. The van der Waals surface area contributed by atoms with E-state index >= 15 is 0 Å².